The molecule has 0 aliphatic heterocycles. The monoisotopic (exact) mass is 341 g/mol. The first kappa shape index (κ1) is 16.6. The third kappa shape index (κ3) is 3.17. The van der Waals surface area contributed by atoms with E-state index in [0.29, 0.717) is 18.2 Å². The first-order valence-corrected chi connectivity index (χ1v) is 8.35. The van der Waals surface area contributed by atoms with Crippen molar-refractivity contribution in [2.75, 3.05) is 0 Å². The molecule has 0 aliphatic rings. The van der Waals surface area contributed by atoms with Crippen LogP contribution in [-0.2, 0) is 6.61 Å². The van der Waals surface area contributed by atoms with Gasteiger partial charge in [0.05, 0.1) is 5.02 Å². The van der Waals surface area contributed by atoms with Crippen molar-refractivity contribution in [2.45, 2.75) is 33.4 Å². The molecule has 0 atom stereocenters. The Morgan fingerprint density at radius 3 is 2.67 bits per heavy atom. The summed E-state index contributed by atoms with van der Waals surface area (Å²) in [5.41, 5.74) is 3.79. The molecule has 0 aliphatic carbocycles. The van der Waals surface area contributed by atoms with Gasteiger partial charge in [-0.15, -0.1) is 0 Å². The van der Waals surface area contributed by atoms with Crippen molar-refractivity contribution >= 4 is 28.8 Å². The molecular formula is C20H20ClNO2. The van der Waals surface area contributed by atoms with Crippen LogP contribution in [0.2, 0.25) is 5.02 Å². The first-order chi connectivity index (χ1) is 11.5. The molecule has 1 aromatic heterocycles. The molecular weight excluding hydrogens is 322 g/mol. The highest BCUT2D eigenvalue weighted by molar-refractivity contribution is 6.35. The van der Waals surface area contributed by atoms with E-state index >= 15 is 0 Å². The van der Waals surface area contributed by atoms with Gasteiger partial charge < -0.3 is 9.30 Å². The van der Waals surface area contributed by atoms with Crippen molar-refractivity contribution in [1.29, 1.82) is 0 Å². The second-order valence-corrected chi connectivity index (χ2v) is 6.67. The number of rotatable bonds is 5. The van der Waals surface area contributed by atoms with Crippen LogP contribution < -0.4 is 4.74 Å². The summed E-state index contributed by atoms with van der Waals surface area (Å²) in [6, 6.07) is 12.0. The van der Waals surface area contributed by atoms with E-state index in [1.807, 2.05) is 25.3 Å². The first-order valence-electron chi connectivity index (χ1n) is 7.97. The van der Waals surface area contributed by atoms with E-state index in [2.05, 4.69) is 36.6 Å². The molecule has 0 amide bonds. The molecule has 24 heavy (non-hydrogen) atoms. The number of ether oxygens (including phenoxy) is 1. The molecule has 124 valence electrons. The fraction of sp³-hybridized carbons (Fsp3) is 0.250. The lowest BCUT2D eigenvalue weighted by atomic mass is 10.1. The zero-order chi connectivity index (χ0) is 17.3. The summed E-state index contributed by atoms with van der Waals surface area (Å²) in [7, 11) is 0. The molecule has 0 N–H and O–H groups in total. The van der Waals surface area contributed by atoms with Gasteiger partial charge in [0.15, 0.2) is 0 Å². The number of carbonyl (C=O) groups is 1. The molecule has 0 unspecified atom stereocenters. The number of aromatic nitrogens is 1. The van der Waals surface area contributed by atoms with Gasteiger partial charge in [-0.25, -0.2) is 0 Å². The van der Waals surface area contributed by atoms with Crippen LogP contribution in [0.15, 0.2) is 42.6 Å². The molecule has 0 radical (unpaired) electrons. The molecule has 0 spiro atoms. The summed E-state index contributed by atoms with van der Waals surface area (Å²) in [5, 5.41) is 1.80. The molecule has 4 heteroatoms. The molecule has 3 rings (SSSR count). The highest BCUT2D eigenvalue weighted by Gasteiger charge is 2.10. The predicted molar refractivity (Wildman–Crippen MR) is 98.2 cm³/mol. The smallest absolute Gasteiger partial charge is 0.150 e. The Bertz CT molecular complexity index is 896. The second kappa shape index (κ2) is 6.70. The van der Waals surface area contributed by atoms with Crippen LogP contribution in [0.4, 0.5) is 0 Å². The lowest BCUT2D eigenvalue weighted by Gasteiger charge is -2.11. The maximum absolute atomic E-state index is 10.8. The van der Waals surface area contributed by atoms with E-state index in [9.17, 15) is 4.79 Å². The number of aryl methyl sites for hydroxylation is 1. The third-order valence-electron chi connectivity index (χ3n) is 4.13. The highest BCUT2D eigenvalue weighted by atomic mass is 35.5. The Kier molecular flexibility index (Phi) is 4.63. The Balaban J connectivity index is 1.83. The number of fused-ring (bicyclic) bond motifs is 1. The normalized spacial score (nSPS) is 11.2. The maximum Gasteiger partial charge on any atom is 0.150 e. The van der Waals surface area contributed by atoms with Crippen molar-refractivity contribution in [2.24, 2.45) is 0 Å². The van der Waals surface area contributed by atoms with Crippen LogP contribution in [0.5, 0.6) is 5.75 Å². The third-order valence-corrected chi connectivity index (χ3v) is 4.44. The lowest BCUT2D eigenvalue weighted by molar-refractivity contribution is 0.112. The largest absolute Gasteiger partial charge is 0.489 e. The predicted octanol–water partition coefficient (Wildman–Crippen LogP) is 5.58. The van der Waals surface area contributed by atoms with Gasteiger partial charge in [-0.05, 0) is 62.2 Å². The van der Waals surface area contributed by atoms with Gasteiger partial charge in [0.1, 0.15) is 18.6 Å². The summed E-state index contributed by atoms with van der Waals surface area (Å²) in [6.07, 6.45) is 2.82. The second-order valence-electron chi connectivity index (χ2n) is 6.26. The molecule has 0 fully saturated rings. The zero-order valence-electron chi connectivity index (χ0n) is 14.0. The summed E-state index contributed by atoms with van der Waals surface area (Å²) in [6.45, 7) is 6.67. The minimum absolute atomic E-state index is 0.362. The van der Waals surface area contributed by atoms with E-state index in [1.54, 1.807) is 6.07 Å². The van der Waals surface area contributed by atoms with Crippen LogP contribution in [0, 0.1) is 6.92 Å². The van der Waals surface area contributed by atoms with Gasteiger partial charge in [0.25, 0.3) is 0 Å². The van der Waals surface area contributed by atoms with Gasteiger partial charge in [-0.2, -0.15) is 0 Å². The van der Waals surface area contributed by atoms with Crippen LogP contribution in [0.1, 0.15) is 41.4 Å². The van der Waals surface area contributed by atoms with E-state index in [-0.39, 0.29) is 0 Å². The number of halogens is 1. The SMILES string of the molecule is Cc1cc(C=O)ccc1OCc1ccc2c(c1)c(Cl)cn2C(C)C. The Labute approximate surface area is 146 Å². The highest BCUT2D eigenvalue weighted by Crippen LogP contribution is 2.30. The maximum atomic E-state index is 10.8. The molecule has 0 saturated heterocycles. The Morgan fingerprint density at radius 1 is 1.21 bits per heavy atom. The molecule has 1 heterocycles. The topological polar surface area (TPSA) is 31.2 Å². The number of carbonyl (C=O) groups excluding carboxylic acids is 1. The zero-order valence-corrected chi connectivity index (χ0v) is 14.8. The quantitative estimate of drug-likeness (QED) is 0.567. The average Bonchev–Trinajstić information content (AvgIpc) is 2.90. The average molecular weight is 342 g/mol. The minimum Gasteiger partial charge on any atom is -0.489 e. The van der Waals surface area contributed by atoms with Gasteiger partial charge in [0, 0.05) is 28.7 Å². The molecule has 3 nitrogen and oxygen atoms in total. The summed E-state index contributed by atoms with van der Waals surface area (Å²) in [4.78, 5) is 10.8. The van der Waals surface area contributed by atoms with E-state index < -0.39 is 0 Å². The standard InChI is InChI=1S/C20H20ClNO2/c1-13(2)22-10-18(21)17-9-16(4-6-19(17)22)12-24-20-7-5-15(11-23)8-14(20)3/h4-11,13H,12H2,1-3H3. The number of nitrogens with zero attached hydrogens (tertiary/aromatic N) is 1. The lowest BCUT2D eigenvalue weighted by Crippen LogP contribution is -1.99. The number of hydrogen-bond acceptors (Lipinski definition) is 2. The molecule has 0 bridgehead atoms. The fourth-order valence-electron chi connectivity index (χ4n) is 2.85. The van der Waals surface area contributed by atoms with Gasteiger partial charge in [0.2, 0.25) is 0 Å². The van der Waals surface area contributed by atoms with Crippen molar-refractivity contribution < 1.29 is 9.53 Å². The summed E-state index contributed by atoms with van der Waals surface area (Å²) in [5.74, 6) is 0.784. The Morgan fingerprint density at radius 2 is 2.00 bits per heavy atom. The van der Waals surface area contributed by atoms with Crippen LogP contribution >= 0.6 is 11.6 Å². The number of aldehydes is 1. The van der Waals surface area contributed by atoms with E-state index in [1.165, 1.54) is 0 Å². The van der Waals surface area contributed by atoms with Crippen molar-refractivity contribution in [1.82, 2.24) is 4.57 Å². The number of benzene rings is 2. The van der Waals surface area contributed by atoms with Gasteiger partial charge in [-0.3, -0.25) is 4.79 Å². The van der Waals surface area contributed by atoms with Crippen LogP contribution in [0.25, 0.3) is 10.9 Å². The van der Waals surface area contributed by atoms with Crippen LogP contribution in [-0.4, -0.2) is 10.9 Å². The van der Waals surface area contributed by atoms with E-state index in [4.69, 9.17) is 16.3 Å². The molecule has 3 aromatic rings. The van der Waals surface area contributed by atoms with Crippen LogP contribution in [0.3, 0.4) is 0 Å². The minimum atomic E-state index is 0.362. The molecule has 0 saturated carbocycles. The van der Waals surface area contributed by atoms with Gasteiger partial charge >= 0.3 is 0 Å². The molecule has 2 aromatic carbocycles. The number of hydrogen-bond donors (Lipinski definition) is 0. The van der Waals surface area contributed by atoms with Crippen molar-refractivity contribution in [3.05, 3.63) is 64.3 Å². The Hall–Kier alpha value is -2.26. The summed E-state index contributed by atoms with van der Waals surface area (Å²) >= 11 is 6.37. The fourth-order valence-corrected chi connectivity index (χ4v) is 3.10. The van der Waals surface area contributed by atoms with Crippen molar-refractivity contribution in [3.8, 4) is 5.75 Å². The van der Waals surface area contributed by atoms with Gasteiger partial charge in [-0.1, -0.05) is 17.7 Å². The van der Waals surface area contributed by atoms with E-state index in [0.717, 1.165) is 39.1 Å². The summed E-state index contributed by atoms with van der Waals surface area (Å²) < 4.78 is 8.07. The van der Waals surface area contributed by atoms with Crippen molar-refractivity contribution in [3.63, 3.8) is 0 Å².